The van der Waals surface area contributed by atoms with Gasteiger partial charge in [0.2, 0.25) is 11.8 Å². The number of aromatic amines is 1. The number of likely N-dealkylation sites (N-methyl/N-ethyl adjacent to an activating group) is 1. The molecule has 190 valence electrons. The quantitative estimate of drug-likeness (QED) is 0.462. The highest BCUT2D eigenvalue weighted by atomic mass is 16.2. The lowest BCUT2D eigenvalue weighted by atomic mass is 10.2. The number of unbranched alkanes of at least 4 members (excludes halogenated alkanes) is 1. The maximum absolute atomic E-state index is 13.5. The third kappa shape index (κ3) is 6.56. The third-order valence-corrected chi connectivity index (χ3v) is 6.12. The Labute approximate surface area is 204 Å². The van der Waals surface area contributed by atoms with Crippen LogP contribution < -0.4 is 27.2 Å². The number of nitrogens with two attached hydrogens (primary N) is 1. The van der Waals surface area contributed by atoms with Gasteiger partial charge < -0.3 is 16.0 Å². The molecule has 1 saturated carbocycles. The first kappa shape index (κ1) is 26.1. The molecule has 0 unspecified atom stereocenters. The highest BCUT2D eigenvalue weighted by molar-refractivity contribution is 5.98. The molecule has 2 heterocycles. The summed E-state index contributed by atoms with van der Waals surface area (Å²) in [5.41, 5.74) is 5.84. The number of nitrogens with one attached hydrogen (secondary N) is 2. The van der Waals surface area contributed by atoms with Crippen LogP contribution in [0.5, 0.6) is 0 Å². The Kier molecular flexibility index (Phi) is 8.80. The van der Waals surface area contributed by atoms with Crippen molar-refractivity contribution in [2.24, 2.45) is 0 Å². The van der Waals surface area contributed by atoms with E-state index in [1.54, 1.807) is 24.1 Å². The maximum Gasteiger partial charge on any atom is 0.330 e. The number of nitrogen functional groups attached to an aromatic ring is 1. The minimum absolute atomic E-state index is 0.00151. The molecule has 0 atom stereocenters. The SMILES string of the molecule is CCCCn1c(N)c(N(C(=O)CN(C)CC(=O)Nc2cccc(C)n2)C2CCCC2)c(=O)[nH]c1=O. The Morgan fingerprint density at radius 3 is 2.60 bits per heavy atom. The molecule has 0 spiro atoms. The molecule has 3 rings (SSSR count). The number of aryl methyl sites for hydroxylation is 1. The molecule has 0 radical (unpaired) electrons. The zero-order valence-electron chi connectivity index (χ0n) is 20.7. The van der Waals surface area contributed by atoms with Gasteiger partial charge in [0.25, 0.3) is 5.56 Å². The van der Waals surface area contributed by atoms with Crippen molar-refractivity contribution < 1.29 is 9.59 Å². The summed E-state index contributed by atoms with van der Waals surface area (Å²) in [6, 6.07) is 5.13. The van der Waals surface area contributed by atoms with Gasteiger partial charge >= 0.3 is 5.69 Å². The number of amides is 2. The maximum atomic E-state index is 13.5. The number of H-pyrrole nitrogens is 1. The minimum atomic E-state index is -0.675. The number of anilines is 3. The number of carbonyl (C=O) groups is 2. The van der Waals surface area contributed by atoms with Crippen LogP contribution in [-0.4, -0.2) is 57.4 Å². The van der Waals surface area contributed by atoms with E-state index in [4.69, 9.17) is 5.73 Å². The summed E-state index contributed by atoms with van der Waals surface area (Å²) < 4.78 is 1.32. The standard InChI is InChI=1S/C24H35N7O4/c1-4-5-13-30-22(25)21(23(34)28-24(30)35)31(17-10-6-7-11-17)20(33)15-29(3)14-19(32)27-18-12-8-9-16(2)26-18/h8-9,12,17H,4-7,10-11,13-15,25H2,1-3H3,(H,26,27,32)(H,28,34,35). The van der Waals surface area contributed by atoms with Gasteiger partial charge in [0.15, 0.2) is 5.69 Å². The number of hydrogen-bond acceptors (Lipinski definition) is 7. The average Bonchev–Trinajstić information content (AvgIpc) is 3.30. The summed E-state index contributed by atoms with van der Waals surface area (Å²) >= 11 is 0. The molecule has 35 heavy (non-hydrogen) atoms. The number of pyridine rings is 1. The summed E-state index contributed by atoms with van der Waals surface area (Å²) in [6.07, 6.45) is 4.90. The lowest BCUT2D eigenvalue weighted by molar-refractivity contribution is -0.121. The van der Waals surface area contributed by atoms with Gasteiger partial charge in [-0.3, -0.25) is 28.8 Å². The molecule has 0 bridgehead atoms. The largest absolute Gasteiger partial charge is 0.383 e. The molecule has 1 aliphatic carbocycles. The van der Waals surface area contributed by atoms with E-state index in [0.29, 0.717) is 18.8 Å². The van der Waals surface area contributed by atoms with E-state index in [1.807, 2.05) is 19.9 Å². The predicted molar refractivity (Wildman–Crippen MR) is 135 cm³/mol. The van der Waals surface area contributed by atoms with Crippen molar-refractivity contribution in [3.8, 4) is 0 Å². The summed E-state index contributed by atoms with van der Waals surface area (Å²) in [7, 11) is 1.66. The van der Waals surface area contributed by atoms with Crippen molar-refractivity contribution in [1.82, 2.24) is 19.4 Å². The zero-order chi connectivity index (χ0) is 25.5. The van der Waals surface area contributed by atoms with E-state index in [9.17, 15) is 19.2 Å². The van der Waals surface area contributed by atoms with Gasteiger partial charge in [0, 0.05) is 18.3 Å². The summed E-state index contributed by atoms with van der Waals surface area (Å²) in [6.45, 7) is 4.03. The molecule has 11 nitrogen and oxygen atoms in total. The Hall–Kier alpha value is -3.47. The first-order valence-corrected chi connectivity index (χ1v) is 12.1. The topological polar surface area (TPSA) is 146 Å². The van der Waals surface area contributed by atoms with Gasteiger partial charge in [-0.2, -0.15) is 0 Å². The van der Waals surface area contributed by atoms with Gasteiger partial charge in [-0.05, 0) is 45.4 Å². The fourth-order valence-corrected chi connectivity index (χ4v) is 4.42. The van der Waals surface area contributed by atoms with E-state index in [-0.39, 0.29) is 42.5 Å². The number of carbonyl (C=O) groups excluding carboxylic acids is 2. The van der Waals surface area contributed by atoms with Crippen LogP contribution in [0.3, 0.4) is 0 Å². The second-order valence-corrected chi connectivity index (χ2v) is 9.09. The monoisotopic (exact) mass is 485 g/mol. The van der Waals surface area contributed by atoms with Crippen molar-refractivity contribution in [2.75, 3.05) is 36.1 Å². The van der Waals surface area contributed by atoms with E-state index in [2.05, 4.69) is 15.3 Å². The van der Waals surface area contributed by atoms with Gasteiger partial charge in [-0.15, -0.1) is 0 Å². The van der Waals surface area contributed by atoms with Crippen LogP contribution >= 0.6 is 0 Å². The van der Waals surface area contributed by atoms with Gasteiger partial charge in [0.1, 0.15) is 11.6 Å². The number of aromatic nitrogens is 3. The highest BCUT2D eigenvalue weighted by Gasteiger charge is 2.33. The molecule has 4 N–H and O–H groups in total. The Balaban J connectivity index is 1.80. The number of nitrogens with zero attached hydrogens (tertiary/aromatic N) is 4. The fraction of sp³-hybridized carbons (Fsp3) is 0.542. The van der Waals surface area contributed by atoms with Crippen LogP contribution in [0, 0.1) is 6.92 Å². The summed E-state index contributed by atoms with van der Waals surface area (Å²) in [5, 5.41) is 2.72. The molecular formula is C24H35N7O4. The molecular weight excluding hydrogens is 450 g/mol. The Morgan fingerprint density at radius 1 is 1.23 bits per heavy atom. The van der Waals surface area contributed by atoms with E-state index in [1.165, 1.54) is 9.47 Å². The molecule has 1 fully saturated rings. The van der Waals surface area contributed by atoms with Crippen LogP contribution in [0.25, 0.3) is 0 Å². The van der Waals surface area contributed by atoms with Crippen molar-refractivity contribution in [3.05, 3.63) is 44.7 Å². The second-order valence-electron chi connectivity index (χ2n) is 9.09. The Morgan fingerprint density at radius 2 is 1.94 bits per heavy atom. The minimum Gasteiger partial charge on any atom is -0.383 e. The number of hydrogen-bond donors (Lipinski definition) is 3. The molecule has 2 aromatic heterocycles. The van der Waals surface area contributed by atoms with E-state index >= 15 is 0 Å². The van der Waals surface area contributed by atoms with E-state index < -0.39 is 11.2 Å². The summed E-state index contributed by atoms with van der Waals surface area (Å²) in [4.78, 5) is 60.8. The average molecular weight is 486 g/mol. The normalized spacial score (nSPS) is 13.8. The van der Waals surface area contributed by atoms with E-state index in [0.717, 1.165) is 37.8 Å². The molecule has 1 aliphatic rings. The van der Waals surface area contributed by atoms with Crippen LogP contribution in [-0.2, 0) is 16.1 Å². The first-order valence-electron chi connectivity index (χ1n) is 12.1. The fourth-order valence-electron chi connectivity index (χ4n) is 4.42. The Bertz CT molecular complexity index is 1170. The van der Waals surface area contributed by atoms with Crippen molar-refractivity contribution in [3.63, 3.8) is 0 Å². The van der Waals surface area contributed by atoms with Gasteiger partial charge in [-0.1, -0.05) is 32.3 Å². The van der Waals surface area contributed by atoms with Gasteiger partial charge in [-0.25, -0.2) is 9.78 Å². The van der Waals surface area contributed by atoms with Crippen molar-refractivity contribution >= 4 is 29.1 Å². The highest BCUT2D eigenvalue weighted by Crippen LogP contribution is 2.29. The van der Waals surface area contributed by atoms with Crippen LogP contribution in [0.15, 0.2) is 27.8 Å². The first-order chi connectivity index (χ1) is 16.7. The molecule has 2 amide bonds. The van der Waals surface area contributed by atoms with Gasteiger partial charge in [0.05, 0.1) is 13.1 Å². The molecule has 0 aromatic carbocycles. The summed E-state index contributed by atoms with van der Waals surface area (Å²) in [5.74, 6) is -0.218. The zero-order valence-corrected chi connectivity index (χ0v) is 20.7. The molecule has 0 aliphatic heterocycles. The third-order valence-electron chi connectivity index (χ3n) is 6.12. The lowest BCUT2D eigenvalue weighted by Crippen LogP contribution is -2.49. The smallest absolute Gasteiger partial charge is 0.330 e. The number of rotatable bonds is 10. The van der Waals surface area contributed by atoms with Crippen LogP contribution in [0.1, 0.15) is 51.1 Å². The van der Waals surface area contributed by atoms with Crippen LogP contribution in [0.2, 0.25) is 0 Å². The lowest BCUT2D eigenvalue weighted by Gasteiger charge is -2.31. The predicted octanol–water partition coefficient (Wildman–Crippen LogP) is 1.47. The second kappa shape index (κ2) is 11.8. The molecule has 11 heteroatoms. The van der Waals surface area contributed by atoms with Crippen LogP contribution in [0.4, 0.5) is 17.3 Å². The van der Waals surface area contributed by atoms with Crippen molar-refractivity contribution in [1.29, 1.82) is 0 Å². The molecule has 0 saturated heterocycles. The molecule has 2 aromatic rings. The van der Waals surface area contributed by atoms with Crippen molar-refractivity contribution in [2.45, 2.75) is 65.0 Å².